The molecule has 1 aromatic carbocycles. The zero-order chi connectivity index (χ0) is 35.4. The molecule has 256 valence electrons. The van der Waals surface area contributed by atoms with E-state index in [9.17, 15) is 28.8 Å². The maximum atomic E-state index is 14.4. The van der Waals surface area contributed by atoms with Crippen molar-refractivity contribution in [3.05, 3.63) is 35.4 Å². The summed E-state index contributed by atoms with van der Waals surface area (Å²) in [4.78, 5) is 81.1. The number of hydrogen-bond acceptors (Lipinski definition) is 6. The summed E-state index contributed by atoms with van der Waals surface area (Å²) in [6.45, 7) is 14.7. The highest BCUT2D eigenvalue weighted by Gasteiger charge is 2.51. The van der Waals surface area contributed by atoms with E-state index >= 15 is 0 Å². The first-order valence-electron chi connectivity index (χ1n) is 16.4. The first-order chi connectivity index (χ1) is 21.8. The minimum Gasteiger partial charge on any atom is -0.363 e. The molecule has 11 nitrogen and oxygen atoms in total. The molecule has 47 heavy (non-hydrogen) atoms. The van der Waals surface area contributed by atoms with Crippen molar-refractivity contribution >= 4 is 35.3 Å². The summed E-state index contributed by atoms with van der Waals surface area (Å²) in [6, 6.07) is 2.25. The Balaban J connectivity index is 1.89. The van der Waals surface area contributed by atoms with E-state index in [0.717, 1.165) is 18.4 Å². The lowest BCUT2D eigenvalue weighted by molar-refractivity contribution is -0.144. The summed E-state index contributed by atoms with van der Waals surface area (Å²) < 4.78 is 0. The van der Waals surface area contributed by atoms with E-state index in [1.165, 1.54) is 4.90 Å². The van der Waals surface area contributed by atoms with E-state index in [1.54, 1.807) is 32.9 Å². The Kier molecular flexibility index (Phi) is 11.7. The average molecular weight is 650 g/mol. The van der Waals surface area contributed by atoms with Crippen LogP contribution in [0.15, 0.2) is 24.3 Å². The maximum Gasteiger partial charge on any atom is 0.316 e. The number of nitrogens with two attached hydrogens (primary N) is 1. The van der Waals surface area contributed by atoms with Gasteiger partial charge in [-0.3, -0.25) is 24.0 Å². The Hall–Kier alpha value is -4.20. The molecule has 1 aliphatic heterocycles. The van der Waals surface area contributed by atoms with Crippen LogP contribution in [0.3, 0.4) is 0 Å². The van der Waals surface area contributed by atoms with E-state index in [1.807, 2.05) is 46.8 Å². The Labute approximate surface area is 278 Å². The average Bonchev–Trinajstić information content (AvgIpc) is 3.69. The van der Waals surface area contributed by atoms with E-state index in [0.29, 0.717) is 12.0 Å². The van der Waals surface area contributed by atoms with Crippen LogP contribution in [-0.4, -0.2) is 70.9 Å². The first kappa shape index (κ1) is 37.3. The van der Waals surface area contributed by atoms with Gasteiger partial charge in [-0.2, -0.15) is 0 Å². The second-order valence-corrected chi connectivity index (χ2v) is 15.1. The van der Waals surface area contributed by atoms with Crippen LogP contribution in [0, 0.1) is 47.9 Å². The van der Waals surface area contributed by atoms with Crippen LogP contribution in [0.5, 0.6) is 0 Å². The second-order valence-electron chi connectivity index (χ2n) is 15.1. The number of nitrogens with one attached hydrogen (secondary N) is 3. The Bertz CT molecular complexity index is 1420. The van der Waals surface area contributed by atoms with E-state index < -0.39 is 70.5 Å². The van der Waals surface area contributed by atoms with Gasteiger partial charge >= 0.3 is 6.03 Å². The lowest BCUT2D eigenvalue weighted by atomic mass is 9.75. The number of hydrogen-bond donors (Lipinski definition) is 4. The third kappa shape index (κ3) is 9.21. The predicted molar refractivity (Wildman–Crippen MR) is 179 cm³/mol. The molecule has 0 spiro atoms. The van der Waals surface area contributed by atoms with Crippen LogP contribution in [-0.2, 0) is 19.2 Å². The number of carbonyl (C=O) groups is 6. The van der Waals surface area contributed by atoms with Crippen molar-refractivity contribution in [1.29, 1.82) is 0 Å². The molecule has 5 N–H and O–H groups in total. The van der Waals surface area contributed by atoms with Crippen LogP contribution < -0.4 is 21.7 Å². The number of rotatable bonds is 13. The van der Waals surface area contributed by atoms with Gasteiger partial charge in [-0.05, 0) is 50.9 Å². The van der Waals surface area contributed by atoms with Gasteiger partial charge in [0.15, 0.2) is 5.78 Å². The molecule has 0 aromatic heterocycles. The number of urea groups is 1. The zero-order valence-electron chi connectivity index (χ0n) is 28.9. The van der Waals surface area contributed by atoms with E-state index in [-0.39, 0.29) is 30.6 Å². The zero-order valence-corrected chi connectivity index (χ0v) is 28.9. The van der Waals surface area contributed by atoms with Crippen molar-refractivity contribution in [2.45, 2.75) is 105 Å². The van der Waals surface area contributed by atoms with Gasteiger partial charge in [-0.1, -0.05) is 77.3 Å². The van der Waals surface area contributed by atoms with E-state index in [2.05, 4.69) is 21.9 Å². The standard InChI is InChI=1S/C36H51N5O6/c1-10-36(8,9)24-17-18-41(27(24)32(45)38-25(19-22-13-14-22)29(43)31(37)44)33(46)30(35(5,6)7)40-34(47)39-26(20(2)3)28(42)23-15-11-21(4)12-16-23/h1,11-12,15-16,20,22,24-27,30H,13-14,17-19H2,2-9H3,(H2,37,44)(H,38,45)(H2,39,40,47)/t24-,25?,26-,27?,30+/m0/s1. The van der Waals surface area contributed by atoms with Crippen LogP contribution in [0.4, 0.5) is 4.79 Å². The molecular weight excluding hydrogens is 598 g/mol. The van der Waals surface area contributed by atoms with Crippen molar-refractivity contribution in [1.82, 2.24) is 20.9 Å². The molecule has 1 saturated heterocycles. The summed E-state index contributed by atoms with van der Waals surface area (Å²) in [6.07, 6.45) is 8.33. The summed E-state index contributed by atoms with van der Waals surface area (Å²) >= 11 is 0. The number of carbonyl (C=O) groups excluding carboxylic acids is 6. The molecule has 2 aliphatic rings. The van der Waals surface area contributed by atoms with Crippen LogP contribution in [0.1, 0.15) is 90.1 Å². The van der Waals surface area contributed by atoms with Crippen molar-refractivity contribution in [3.63, 3.8) is 0 Å². The van der Waals surface area contributed by atoms with Crippen LogP contribution in [0.2, 0.25) is 0 Å². The number of likely N-dealkylation sites (tertiary alicyclic amines) is 1. The molecule has 3 rings (SSSR count). The molecule has 1 heterocycles. The highest BCUT2D eigenvalue weighted by molar-refractivity contribution is 6.37. The summed E-state index contributed by atoms with van der Waals surface area (Å²) in [5.41, 5.74) is 5.15. The van der Waals surface area contributed by atoms with Crippen LogP contribution >= 0.6 is 0 Å². The largest absolute Gasteiger partial charge is 0.363 e. The molecule has 1 aromatic rings. The normalized spacial score (nSPS) is 20.0. The van der Waals surface area contributed by atoms with Gasteiger partial charge in [0.25, 0.3) is 5.91 Å². The fourth-order valence-electron chi connectivity index (χ4n) is 6.13. The van der Waals surface area contributed by atoms with Crippen molar-refractivity contribution in [2.75, 3.05) is 6.54 Å². The van der Waals surface area contributed by atoms with Crippen molar-refractivity contribution in [2.24, 2.45) is 34.3 Å². The molecule has 1 saturated carbocycles. The molecule has 0 radical (unpaired) electrons. The monoisotopic (exact) mass is 649 g/mol. The number of ketones is 2. The topological polar surface area (TPSA) is 168 Å². The van der Waals surface area contributed by atoms with Gasteiger partial charge in [0.1, 0.15) is 12.1 Å². The second kappa shape index (κ2) is 14.7. The number of primary amides is 1. The molecule has 0 bridgehead atoms. The Morgan fingerprint density at radius 1 is 0.957 bits per heavy atom. The van der Waals surface area contributed by atoms with Gasteiger partial charge in [-0.25, -0.2) is 4.79 Å². The highest BCUT2D eigenvalue weighted by atomic mass is 16.2. The fourth-order valence-corrected chi connectivity index (χ4v) is 6.13. The molecule has 2 fully saturated rings. The molecule has 1 aliphatic carbocycles. The van der Waals surface area contributed by atoms with Gasteiger partial charge in [0.2, 0.25) is 17.6 Å². The van der Waals surface area contributed by atoms with E-state index in [4.69, 9.17) is 12.2 Å². The summed E-state index contributed by atoms with van der Waals surface area (Å²) in [5.74, 6) is -1.18. The maximum absolute atomic E-state index is 14.4. The van der Waals surface area contributed by atoms with Crippen molar-refractivity contribution in [3.8, 4) is 12.3 Å². The third-order valence-electron chi connectivity index (χ3n) is 9.35. The SMILES string of the molecule is C#CC(C)(C)[C@H]1CCN(C(=O)[C@@H](NC(=O)N[C@H](C(=O)c2ccc(C)cc2)C(C)C)C(C)(C)C)C1C(=O)NC(CC1CC1)C(=O)C(N)=O. The quantitative estimate of drug-likeness (QED) is 0.146. The van der Waals surface area contributed by atoms with Crippen LogP contribution in [0.25, 0.3) is 0 Å². The molecular formula is C36H51N5O6. The first-order valence-corrected chi connectivity index (χ1v) is 16.4. The third-order valence-corrected chi connectivity index (χ3v) is 9.35. The lowest BCUT2D eigenvalue weighted by Gasteiger charge is -2.38. The van der Waals surface area contributed by atoms with Gasteiger partial charge in [0.05, 0.1) is 12.1 Å². The molecule has 5 amide bonds. The number of benzene rings is 1. The van der Waals surface area contributed by atoms with Gasteiger partial charge < -0.3 is 26.6 Å². The minimum atomic E-state index is -1.14. The number of Topliss-reactive ketones (excluding diaryl/α,β-unsaturated/α-hetero) is 2. The van der Waals surface area contributed by atoms with Gasteiger partial charge in [0, 0.05) is 23.4 Å². The number of terminal acetylenes is 1. The summed E-state index contributed by atoms with van der Waals surface area (Å²) in [7, 11) is 0. The number of nitrogens with zero attached hydrogens (tertiary/aromatic N) is 1. The Morgan fingerprint density at radius 3 is 2.04 bits per heavy atom. The highest BCUT2D eigenvalue weighted by Crippen LogP contribution is 2.40. The lowest BCUT2D eigenvalue weighted by Crippen LogP contribution is -2.62. The molecule has 2 unspecified atom stereocenters. The molecule has 5 atom stereocenters. The number of aryl methyl sites for hydroxylation is 1. The van der Waals surface area contributed by atoms with Gasteiger partial charge in [-0.15, -0.1) is 12.3 Å². The number of amides is 5. The fraction of sp³-hybridized carbons (Fsp3) is 0.611. The Morgan fingerprint density at radius 2 is 1.55 bits per heavy atom. The smallest absolute Gasteiger partial charge is 0.316 e. The van der Waals surface area contributed by atoms with Crippen molar-refractivity contribution < 1.29 is 28.8 Å². The minimum absolute atomic E-state index is 0.181. The predicted octanol–water partition coefficient (Wildman–Crippen LogP) is 3.13. The molecule has 11 heteroatoms. The summed E-state index contributed by atoms with van der Waals surface area (Å²) in [5, 5.41) is 8.28.